The fourth-order valence-electron chi connectivity index (χ4n) is 3.94. The van der Waals surface area contributed by atoms with Crippen molar-refractivity contribution in [1.82, 2.24) is 4.90 Å². The predicted molar refractivity (Wildman–Crippen MR) is 136 cm³/mol. The molecule has 1 saturated heterocycles. The molecule has 0 radical (unpaired) electrons. The summed E-state index contributed by atoms with van der Waals surface area (Å²) in [5.74, 6) is -0.798. The number of benzene rings is 3. The molecular weight excluding hydrogens is 449 g/mol. The Hall–Kier alpha value is -3.16. The van der Waals surface area contributed by atoms with Gasteiger partial charge < -0.3 is 10.2 Å². The van der Waals surface area contributed by atoms with E-state index in [9.17, 15) is 14.0 Å². The van der Waals surface area contributed by atoms with Crippen molar-refractivity contribution in [3.05, 3.63) is 89.7 Å². The lowest BCUT2D eigenvalue weighted by atomic mass is 10.1. The molecule has 0 atom stereocenters. The number of piperazine rings is 1. The molecule has 34 heavy (non-hydrogen) atoms. The SMILES string of the molecule is CC(=O)c1ccc(SCC(=O)Nc2ccc(N3CCN(Cc4ccccc4)CC3)cc2)c(F)c1. The fraction of sp³-hybridized carbons (Fsp3) is 0.259. The number of rotatable bonds is 8. The second-order valence-corrected chi connectivity index (χ2v) is 9.35. The van der Waals surface area contributed by atoms with Crippen molar-refractivity contribution in [2.75, 3.05) is 42.1 Å². The predicted octanol–water partition coefficient (Wildman–Crippen LogP) is 5.08. The first-order valence-electron chi connectivity index (χ1n) is 11.3. The first kappa shape index (κ1) is 24.0. The molecule has 1 aliphatic heterocycles. The zero-order valence-electron chi connectivity index (χ0n) is 19.2. The number of carbonyl (C=O) groups excluding carboxylic acids is 2. The van der Waals surface area contributed by atoms with Gasteiger partial charge >= 0.3 is 0 Å². The number of Topliss-reactive ketones (excluding diaryl/α,β-unsaturated/α-hetero) is 1. The van der Waals surface area contributed by atoms with E-state index in [0.29, 0.717) is 16.1 Å². The van der Waals surface area contributed by atoms with Crippen molar-refractivity contribution >= 4 is 34.8 Å². The minimum Gasteiger partial charge on any atom is -0.369 e. The molecule has 0 aromatic heterocycles. The van der Waals surface area contributed by atoms with Crippen molar-refractivity contribution < 1.29 is 14.0 Å². The van der Waals surface area contributed by atoms with Gasteiger partial charge in [0.25, 0.3) is 0 Å². The number of nitrogens with one attached hydrogen (secondary N) is 1. The van der Waals surface area contributed by atoms with Crippen molar-refractivity contribution in [3.8, 4) is 0 Å². The van der Waals surface area contributed by atoms with Crippen molar-refractivity contribution in [2.45, 2.75) is 18.4 Å². The van der Waals surface area contributed by atoms with Crippen LogP contribution in [0.15, 0.2) is 77.7 Å². The Balaban J connectivity index is 1.24. The van der Waals surface area contributed by atoms with E-state index in [1.54, 1.807) is 12.1 Å². The first-order valence-corrected chi connectivity index (χ1v) is 12.3. The molecule has 1 heterocycles. The molecule has 0 bridgehead atoms. The van der Waals surface area contributed by atoms with Crippen LogP contribution >= 0.6 is 11.8 Å². The van der Waals surface area contributed by atoms with Crippen molar-refractivity contribution in [2.24, 2.45) is 0 Å². The Labute approximate surface area is 204 Å². The molecule has 3 aromatic carbocycles. The normalized spacial score (nSPS) is 14.1. The number of hydrogen-bond acceptors (Lipinski definition) is 5. The highest BCUT2D eigenvalue weighted by molar-refractivity contribution is 8.00. The van der Waals surface area contributed by atoms with Gasteiger partial charge in [-0.3, -0.25) is 14.5 Å². The highest BCUT2D eigenvalue weighted by Crippen LogP contribution is 2.24. The van der Waals surface area contributed by atoms with E-state index in [-0.39, 0.29) is 17.4 Å². The standard InChI is InChI=1S/C27H28FN3O2S/c1-20(32)22-7-12-26(25(28)17-22)34-19-27(33)29-23-8-10-24(11-9-23)31-15-13-30(14-16-31)18-21-5-3-2-4-6-21/h2-12,17H,13-16,18-19H2,1H3,(H,29,33). The third-order valence-electron chi connectivity index (χ3n) is 5.83. The molecule has 0 spiro atoms. The number of amides is 1. The third-order valence-corrected chi connectivity index (χ3v) is 6.88. The smallest absolute Gasteiger partial charge is 0.234 e. The minimum absolute atomic E-state index is 0.0848. The number of hydrogen-bond donors (Lipinski definition) is 1. The number of thioether (sulfide) groups is 1. The lowest BCUT2D eigenvalue weighted by molar-refractivity contribution is -0.113. The van der Waals surface area contributed by atoms with Gasteiger partial charge in [-0.15, -0.1) is 11.8 Å². The quantitative estimate of drug-likeness (QED) is 0.362. The van der Waals surface area contributed by atoms with Crippen molar-refractivity contribution in [3.63, 3.8) is 0 Å². The summed E-state index contributed by atoms with van der Waals surface area (Å²) in [4.78, 5) is 28.8. The Kier molecular flexibility index (Phi) is 7.98. The van der Waals surface area contributed by atoms with Crippen LogP contribution < -0.4 is 10.2 Å². The summed E-state index contributed by atoms with van der Waals surface area (Å²) in [6.07, 6.45) is 0. The van der Waals surface area contributed by atoms with Gasteiger partial charge in [0.1, 0.15) is 5.82 Å². The molecule has 1 N–H and O–H groups in total. The van der Waals surface area contributed by atoms with E-state index in [2.05, 4.69) is 39.4 Å². The van der Waals surface area contributed by atoms with E-state index in [1.807, 2.05) is 30.3 Å². The van der Waals surface area contributed by atoms with Crippen LogP contribution in [0.4, 0.5) is 15.8 Å². The van der Waals surface area contributed by atoms with Gasteiger partial charge in [0.15, 0.2) is 5.78 Å². The Morgan fingerprint density at radius 2 is 1.65 bits per heavy atom. The second kappa shape index (κ2) is 11.3. The highest BCUT2D eigenvalue weighted by atomic mass is 32.2. The van der Waals surface area contributed by atoms with Gasteiger partial charge in [-0.1, -0.05) is 36.4 Å². The number of nitrogens with zero attached hydrogens (tertiary/aromatic N) is 2. The van der Waals surface area contributed by atoms with Crippen LogP contribution in [0, 0.1) is 5.82 Å². The lowest BCUT2D eigenvalue weighted by Gasteiger charge is -2.36. The molecule has 0 saturated carbocycles. The van der Waals surface area contributed by atoms with Gasteiger partial charge in [-0.05, 0) is 48.9 Å². The van der Waals surface area contributed by atoms with E-state index in [0.717, 1.165) is 50.2 Å². The van der Waals surface area contributed by atoms with E-state index >= 15 is 0 Å². The van der Waals surface area contributed by atoms with Crippen LogP contribution in [0.25, 0.3) is 0 Å². The van der Waals surface area contributed by atoms with E-state index in [1.165, 1.54) is 18.6 Å². The second-order valence-electron chi connectivity index (χ2n) is 8.33. The Morgan fingerprint density at radius 1 is 0.941 bits per heavy atom. The average Bonchev–Trinajstić information content (AvgIpc) is 2.85. The molecule has 0 unspecified atom stereocenters. The highest BCUT2D eigenvalue weighted by Gasteiger charge is 2.17. The fourth-order valence-corrected chi connectivity index (χ4v) is 4.66. The molecule has 5 nitrogen and oxygen atoms in total. The molecular formula is C27H28FN3O2S. The largest absolute Gasteiger partial charge is 0.369 e. The van der Waals surface area contributed by atoms with Crippen LogP contribution in [-0.4, -0.2) is 48.5 Å². The maximum absolute atomic E-state index is 14.1. The molecule has 1 fully saturated rings. The maximum atomic E-state index is 14.1. The monoisotopic (exact) mass is 477 g/mol. The molecule has 3 aromatic rings. The number of anilines is 2. The number of halogens is 1. The maximum Gasteiger partial charge on any atom is 0.234 e. The number of ketones is 1. The lowest BCUT2D eigenvalue weighted by Crippen LogP contribution is -2.45. The zero-order chi connectivity index (χ0) is 23.9. The van der Waals surface area contributed by atoms with E-state index in [4.69, 9.17) is 0 Å². The molecule has 176 valence electrons. The summed E-state index contributed by atoms with van der Waals surface area (Å²) >= 11 is 1.11. The molecule has 7 heteroatoms. The third kappa shape index (κ3) is 6.46. The molecule has 1 amide bonds. The zero-order valence-corrected chi connectivity index (χ0v) is 20.0. The average molecular weight is 478 g/mol. The molecule has 4 rings (SSSR count). The van der Waals surface area contributed by atoms with Crippen LogP contribution in [-0.2, 0) is 11.3 Å². The van der Waals surface area contributed by atoms with Gasteiger partial charge in [-0.2, -0.15) is 0 Å². The summed E-state index contributed by atoms with van der Waals surface area (Å²) in [5.41, 5.74) is 3.51. The summed E-state index contributed by atoms with van der Waals surface area (Å²) in [6.45, 7) is 6.31. The van der Waals surface area contributed by atoms with Gasteiger partial charge in [0.05, 0.1) is 5.75 Å². The van der Waals surface area contributed by atoms with Gasteiger partial charge in [-0.25, -0.2) is 4.39 Å². The van der Waals surface area contributed by atoms with Crippen LogP contribution in [0.2, 0.25) is 0 Å². The summed E-state index contributed by atoms with van der Waals surface area (Å²) in [7, 11) is 0. The first-order chi connectivity index (χ1) is 16.5. The van der Waals surface area contributed by atoms with Gasteiger partial charge in [0, 0.05) is 54.6 Å². The van der Waals surface area contributed by atoms with E-state index < -0.39 is 5.82 Å². The topological polar surface area (TPSA) is 52.7 Å². The van der Waals surface area contributed by atoms with Crippen LogP contribution in [0.1, 0.15) is 22.8 Å². The van der Waals surface area contributed by atoms with Crippen LogP contribution in [0.3, 0.4) is 0 Å². The van der Waals surface area contributed by atoms with Gasteiger partial charge in [0.2, 0.25) is 5.91 Å². The van der Waals surface area contributed by atoms with Crippen LogP contribution in [0.5, 0.6) is 0 Å². The summed E-state index contributed by atoms with van der Waals surface area (Å²) in [6, 6.07) is 22.7. The summed E-state index contributed by atoms with van der Waals surface area (Å²) < 4.78 is 14.1. The molecule has 0 aliphatic carbocycles. The Bertz CT molecular complexity index is 1130. The molecule has 1 aliphatic rings. The summed E-state index contributed by atoms with van der Waals surface area (Å²) in [5, 5.41) is 2.86. The minimum atomic E-state index is -0.487. The van der Waals surface area contributed by atoms with Crippen molar-refractivity contribution in [1.29, 1.82) is 0 Å². The number of carbonyl (C=O) groups is 2. The Morgan fingerprint density at radius 3 is 2.29 bits per heavy atom.